The Hall–Kier alpha value is -1.59. The first-order valence-corrected chi connectivity index (χ1v) is 22.7. The fourth-order valence-electron chi connectivity index (χ4n) is 7.01. The first-order valence-electron chi connectivity index (χ1n) is 22.7. The molecule has 7 atom stereocenters. The molecule has 0 spiro atoms. The zero-order chi connectivity index (χ0) is 40.2. The minimum Gasteiger partial charge on any atom is -0.394 e. The van der Waals surface area contributed by atoms with Crippen LogP contribution in [0, 0.1) is 0 Å². The Morgan fingerprint density at radius 3 is 1.53 bits per heavy atom. The van der Waals surface area contributed by atoms with Crippen molar-refractivity contribution in [2.24, 2.45) is 0 Å². The average molecular weight is 780 g/mol. The third-order valence-electron chi connectivity index (χ3n) is 10.7. The van der Waals surface area contributed by atoms with E-state index in [4.69, 9.17) is 9.47 Å². The molecule has 0 aromatic carbocycles. The third kappa shape index (κ3) is 27.6. The summed E-state index contributed by atoms with van der Waals surface area (Å²) >= 11 is 0. The SMILES string of the molecule is CCCCCCCCCCC/C=C/CC/C=C/CC/C=C/C(O)C(COC1OC(CO)C(O)C(O)C1O)NC(=O)CCCCCCCCCCCCCCC. The highest BCUT2D eigenvalue weighted by Gasteiger charge is 2.44. The maximum atomic E-state index is 12.9. The highest BCUT2D eigenvalue weighted by atomic mass is 16.7. The van der Waals surface area contributed by atoms with Crippen LogP contribution in [0.3, 0.4) is 0 Å². The molecule has 322 valence electrons. The molecule has 1 saturated heterocycles. The zero-order valence-electron chi connectivity index (χ0n) is 35.2. The van der Waals surface area contributed by atoms with Crippen molar-refractivity contribution < 1.29 is 39.8 Å². The Morgan fingerprint density at radius 2 is 1.04 bits per heavy atom. The number of allylic oxidation sites excluding steroid dienone is 5. The molecule has 1 aliphatic rings. The summed E-state index contributed by atoms with van der Waals surface area (Å²) in [6, 6.07) is -0.823. The van der Waals surface area contributed by atoms with Crippen LogP contribution in [-0.4, -0.2) is 87.5 Å². The standard InChI is InChI=1S/C46H85NO8/c1-3-5-7-9-11-13-15-17-18-19-20-21-22-24-25-27-29-31-33-35-40(49)39(38-54-46-45(53)44(52)43(51)41(37-48)55-46)47-42(50)36-34-32-30-28-26-23-16-14-12-10-8-6-4-2/h20-21,25,27,33,35,39-41,43-46,48-49,51-53H,3-19,22-24,26,28-32,34,36-38H2,1-2H3,(H,47,50)/b21-20+,27-25+,35-33+. The van der Waals surface area contributed by atoms with E-state index in [0.717, 1.165) is 44.9 Å². The lowest BCUT2D eigenvalue weighted by Crippen LogP contribution is -2.60. The van der Waals surface area contributed by atoms with Crippen molar-refractivity contribution in [2.45, 2.75) is 236 Å². The van der Waals surface area contributed by atoms with Crippen molar-refractivity contribution in [3.63, 3.8) is 0 Å². The molecular weight excluding hydrogens is 695 g/mol. The normalized spacial score (nSPS) is 21.6. The average Bonchev–Trinajstić information content (AvgIpc) is 3.18. The van der Waals surface area contributed by atoms with Crippen molar-refractivity contribution in [1.29, 1.82) is 0 Å². The number of nitrogens with one attached hydrogen (secondary N) is 1. The van der Waals surface area contributed by atoms with Gasteiger partial charge in [-0.05, 0) is 44.9 Å². The van der Waals surface area contributed by atoms with Gasteiger partial charge in [0, 0.05) is 6.42 Å². The molecule has 9 nitrogen and oxygen atoms in total. The van der Waals surface area contributed by atoms with Crippen LogP contribution in [0.25, 0.3) is 0 Å². The van der Waals surface area contributed by atoms with Gasteiger partial charge in [0.15, 0.2) is 6.29 Å². The summed E-state index contributed by atoms with van der Waals surface area (Å²) < 4.78 is 11.2. The highest BCUT2D eigenvalue weighted by molar-refractivity contribution is 5.76. The van der Waals surface area contributed by atoms with Gasteiger partial charge in [0.1, 0.15) is 24.4 Å². The van der Waals surface area contributed by atoms with Crippen molar-refractivity contribution in [3.05, 3.63) is 36.5 Å². The van der Waals surface area contributed by atoms with Gasteiger partial charge in [0.2, 0.25) is 5.91 Å². The van der Waals surface area contributed by atoms with Crippen LogP contribution in [0.4, 0.5) is 0 Å². The Kier molecular flexibility index (Phi) is 34.3. The van der Waals surface area contributed by atoms with Crippen molar-refractivity contribution in [2.75, 3.05) is 13.2 Å². The monoisotopic (exact) mass is 780 g/mol. The second kappa shape index (κ2) is 36.7. The number of carbonyl (C=O) groups is 1. The van der Waals surface area contributed by atoms with Crippen LogP contribution in [0.2, 0.25) is 0 Å². The summed E-state index contributed by atoms with van der Waals surface area (Å²) in [5, 5.41) is 54.1. The molecule has 1 aliphatic heterocycles. The fourth-order valence-corrected chi connectivity index (χ4v) is 7.01. The van der Waals surface area contributed by atoms with E-state index in [1.54, 1.807) is 6.08 Å². The number of hydrogen-bond acceptors (Lipinski definition) is 8. The quantitative estimate of drug-likeness (QED) is 0.0270. The molecule has 55 heavy (non-hydrogen) atoms. The van der Waals surface area contributed by atoms with E-state index in [-0.39, 0.29) is 12.5 Å². The lowest BCUT2D eigenvalue weighted by Gasteiger charge is -2.40. The lowest BCUT2D eigenvalue weighted by atomic mass is 9.99. The molecule has 7 unspecified atom stereocenters. The van der Waals surface area contributed by atoms with Gasteiger partial charge in [-0.25, -0.2) is 0 Å². The van der Waals surface area contributed by atoms with E-state index in [9.17, 15) is 30.3 Å². The van der Waals surface area contributed by atoms with Gasteiger partial charge in [-0.2, -0.15) is 0 Å². The Bertz CT molecular complexity index is 956. The van der Waals surface area contributed by atoms with Crippen molar-refractivity contribution >= 4 is 5.91 Å². The number of unbranched alkanes of at least 4 members (excludes halogenated alkanes) is 23. The van der Waals surface area contributed by atoms with Gasteiger partial charge in [-0.1, -0.05) is 179 Å². The maximum Gasteiger partial charge on any atom is 0.220 e. The predicted molar refractivity (Wildman–Crippen MR) is 226 cm³/mol. The fraction of sp³-hybridized carbons (Fsp3) is 0.848. The molecule has 6 N–H and O–H groups in total. The maximum absolute atomic E-state index is 12.9. The van der Waals surface area contributed by atoms with Crippen LogP contribution in [0.15, 0.2) is 36.5 Å². The minimum absolute atomic E-state index is 0.192. The number of rotatable bonds is 37. The molecule has 0 aromatic heterocycles. The van der Waals surface area contributed by atoms with Crippen LogP contribution in [0.1, 0.15) is 194 Å². The van der Waals surface area contributed by atoms with Crippen molar-refractivity contribution in [3.8, 4) is 0 Å². The molecule has 0 aromatic rings. The van der Waals surface area contributed by atoms with Crippen LogP contribution in [0.5, 0.6) is 0 Å². The number of ether oxygens (including phenoxy) is 2. The molecule has 1 fully saturated rings. The van der Waals surface area contributed by atoms with Crippen LogP contribution in [-0.2, 0) is 14.3 Å². The molecule has 1 rings (SSSR count). The summed E-state index contributed by atoms with van der Waals surface area (Å²) in [6.07, 6.45) is 37.6. The second-order valence-corrected chi connectivity index (χ2v) is 15.8. The first-order chi connectivity index (χ1) is 26.8. The molecule has 1 amide bonds. The predicted octanol–water partition coefficient (Wildman–Crippen LogP) is 9.28. The Labute approximate surface area is 336 Å². The van der Waals surface area contributed by atoms with E-state index < -0.39 is 49.5 Å². The Balaban J connectivity index is 2.41. The summed E-state index contributed by atoms with van der Waals surface area (Å²) in [5.41, 5.74) is 0. The third-order valence-corrected chi connectivity index (χ3v) is 10.7. The zero-order valence-corrected chi connectivity index (χ0v) is 35.2. The van der Waals surface area contributed by atoms with E-state index in [2.05, 4.69) is 43.5 Å². The molecule has 0 aliphatic carbocycles. The van der Waals surface area contributed by atoms with Crippen molar-refractivity contribution in [1.82, 2.24) is 5.32 Å². The van der Waals surface area contributed by atoms with Gasteiger partial charge in [0.05, 0.1) is 25.4 Å². The first kappa shape index (κ1) is 51.4. The van der Waals surface area contributed by atoms with Crippen LogP contribution >= 0.6 is 0 Å². The van der Waals surface area contributed by atoms with Crippen LogP contribution < -0.4 is 5.32 Å². The molecular formula is C46H85NO8. The van der Waals surface area contributed by atoms with E-state index >= 15 is 0 Å². The smallest absolute Gasteiger partial charge is 0.220 e. The number of hydrogen-bond donors (Lipinski definition) is 6. The molecule has 1 heterocycles. The van der Waals surface area contributed by atoms with E-state index in [1.165, 1.54) is 128 Å². The molecule has 0 bridgehead atoms. The van der Waals surface area contributed by atoms with Gasteiger partial charge >= 0.3 is 0 Å². The lowest BCUT2D eigenvalue weighted by molar-refractivity contribution is -0.302. The van der Waals surface area contributed by atoms with Gasteiger partial charge in [0.25, 0.3) is 0 Å². The summed E-state index contributed by atoms with van der Waals surface area (Å²) in [6.45, 7) is 3.74. The summed E-state index contributed by atoms with van der Waals surface area (Å²) in [5.74, 6) is -0.192. The van der Waals surface area contributed by atoms with E-state index in [1.807, 2.05) is 6.08 Å². The number of amides is 1. The minimum atomic E-state index is -1.57. The van der Waals surface area contributed by atoms with Gasteiger partial charge in [-0.15, -0.1) is 0 Å². The summed E-state index contributed by atoms with van der Waals surface area (Å²) in [7, 11) is 0. The second-order valence-electron chi connectivity index (χ2n) is 15.8. The van der Waals surface area contributed by atoms with Gasteiger partial charge < -0.3 is 40.3 Å². The highest BCUT2D eigenvalue weighted by Crippen LogP contribution is 2.22. The molecule has 9 heteroatoms. The molecule has 0 radical (unpaired) electrons. The summed E-state index contributed by atoms with van der Waals surface area (Å²) in [4.78, 5) is 12.9. The largest absolute Gasteiger partial charge is 0.394 e. The number of aliphatic hydroxyl groups is 5. The Morgan fingerprint density at radius 1 is 0.600 bits per heavy atom. The van der Waals surface area contributed by atoms with E-state index in [0.29, 0.717) is 6.42 Å². The number of aliphatic hydroxyl groups excluding tert-OH is 5. The topological polar surface area (TPSA) is 149 Å². The van der Waals surface area contributed by atoms with Gasteiger partial charge in [-0.3, -0.25) is 4.79 Å². The molecule has 0 saturated carbocycles. The number of carbonyl (C=O) groups excluding carboxylic acids is 1.